The summed E-state index contributed by atoms with van der Waals surface area (Å²) in [4.78, 5) is 13.3. The fourth-order valence-corrected chi connectivity index (χ4v) is 4.82. The van der Waals surface area contributed by atoms with Crippen molar-refractivity contribution in [2.75, 3.05) is 7.11 Å². The third-order valence-corrected chi connectivity index (χ3v) is 6.74. The smallest absolute Gasteiger partial charge is 0.160 e. The second-order valence-electron chi connectivity index (χ2n) is 9.49. The zero-order chi connectivity index (χ0) is 23.6. The topological polar surface area (TPSA) is 46.5 Å². The molecule has 33 heavy (non-hydrogen) atoms. The number of rotatable bonds is 11. The normalized spacial score (nSPS) is 17.8. The zero-order valence-corrected chi connectivity index (χ0v) is 20.3. The molecule has 0 saturated carbocycles. The molecule has 0 amide bonds. The molecule has 2 aromatic carbocycles. The first-order valence-corrected chi connectivity index (χ1v) is 12.2. The maximum absolute atomic E-state index is 13.3. The number of aromatic hydroxyl groups is 1. The van der Waals surface area contributed by atoms with E-state index >= 15 is 0 Å². The van der Waals surface area contributed by atoms with Gasteiger partial charge in [0.2, 0.25) is 0 Å². The molecule has 3 rings (SSSR count). The van der Waals surface area contributed by atoms with Crippen LogP contribution < -0.4 is 4.74 Å². The van der Waals surface area contributed by atoms with Crippen molar-refractivity contribution in [2.45, 2.75) is 65.2 Å². The Morgan fingerprint density at radius 1 is 1.06 bits per heavy atom. The van der Waals surface area contributed by atoms with Gasteiger partial charge in [-0.05, 0) is 88.0 Å². The van der Waals surface area contributed by atoms with Gasteiger partial charge in [0.25, 0.3) is 0 Å². The minimum atomic E-state index is 0.0972. The minimum absolute atomic E-state index is 0.0972. The number of carbonyl (C=O) groups excluding carboxylic acids is 1. The highest BCUT2D eigenvalue weighted by molar-refractivity contribution is 5.82. The maximum atomic E-state index is 13.3. The van der Waals surface area contributed by atoms with Gasteiger partial charge < -0.3 is 9.84 Å². The third-order valence-electron chi connectivity index (χ3n) is 6.74. The Labute approximate surface area is 199 Å². The zero-order valence-electron chi connectivity index (χ0n) is 20.3. The second kappa shape index (κ2) is 12.4. The second-order valence-corrected chi connectivity index (χ2v) is 9.49. The minimum Gasteiger partial charge on any atom is -0.504 e. The average molecular weight is 447 g/mol. The summed E-state index contributed by atoms with van der Waals surface area (Å²) in [7, 11) is 1.57. The molecule has 2 atom stereocenters. The van der Waals surface area contributed by atoms with E-state index in [4.69, 9.17) is 4.74 Å². The van der Waals surface area contributed by atoms with E-state index in [1.165, 1.54) is 16.7 Å². The predicted octanol–water partition coefficient (Wildman–Crippen LogP) is 7.23. The van der Waals surface area contributed by atoms with Crippen molar-refractivity contribution in [1.29, 1.82) is 0 Å². The molecule has 1 N–H and O–H groups in total. The fourth-order valence-electron chi connectivity index (χ4n) is 4.82. The van der Waals surface area contributed by atoms with Crippen LogP contribution in [0.4, 0.5) is 0 Å². The molecule has 0 aliphatic heterocycles. The monoisotopic (exact) mass is 446 g/mol. The Morgan fingerprint density at radius 3 is 2.58 bits per heavy atom. The summed E-state index contributed by atoms with van der Waals surface area (Å²) in [6, 6.07) is 15.9. The molecule has 1 aliphatic rings. The van der Waals surface area contributed by atoms with Gasteiger partial charge >= 0.3 is 0 Å². The van der Waals surface area contributed by atoms with Crippen LogP contribution in [0.5, 0.6) is 11.5 Å². The van der Waals surface area contributed by atoms with Gasteiger partial charge in [-0.1, -0.05) is 59.7 Å². The summed E-state index contributed by atoms with van der Waals surface area (Å²) in [5.74, 6) is 1.53. The van der Waals surface area contributed by atoms with Gasteiger partial charge in [-0.2, -0.15) is 0 Å². The van der Waals surface area contributed by atoms with E-state index in [2.05, 4.69) is 38.1 Å². The standard InChI is InChI=1S/C30H38O3/c1-22(2)8-7-11-24-13-17-27(28(31)18-14-23-9-5-4-6-10-23)26(20-24)16-12-25-15-19-29(32)30(21-25)33-3/h4-6,8-10,13,15,19,21,26-27,32H,7,11-12,14,16-18,20H2,1-3H3. The molecule has 0 aromatic heterocycles. The van der Waals surface area contributed by atoms with Gasteiger partial charge in [-0.25, -0.2) is 0 Å². The number of allylic oxidation sites excluding steroid dienone is 4. The Kier molecular flexibility index (Phi) is 9.35. The number of phenolic OH excluding ortho intramolecular Hbond substituents is 1. The van der Waals surface area contributed by atoms with Crippen LogP contribution in [0.1, 0.15) is 63.5 Å². The molecule has 3 heteroatoms. The van der Waals surface area contributed by atoms with Gasteiger partial charge in [-0.3, -0.25) is 4.79 Å². The van der Waals surface area contributed by atoms with E-state index in [1.807, 2.05) is 30.3 Å². The lowest BCUT2D eigenvalue weighted by Crippen LogP contribution is -2.27. The maximum Gasteiger partial charge on any atom is 0.160 e. The highest BCUT2D eigenvalue weighted by Crippen LogP contribution is 2.37. The molecular weight excluding hydrogens is 408 g/mol. The molecule has 0 saturated heterocycles. The lowest BCUT2D eigenvalue weighted by molar-refractivity contribution is -0.124. The van der Waals surface area contributed by atoms with Crippen molar-refractivity contribution < 1.29 is 14.6 Å². The van der Waals surface area contributed by atoms with Gasteiger partial charge in [0.05, 0.1) is 7.11 Å². The van der Waals surface area contributed by atoms with Crippen LogP contribution in [0.3, 0.4) is 0 Å². The Bertz CT molecular complexity index is 967. The van der Waals surface area contributed by atoms with Crippen LogP contribution in [-0.4, -0.2) is 18.0 Å². The van der Waals surface area contributed by atoms with Crippen molar-refractivity contribution in [3.05, 3.63) is 83.0 Å². The van der Waals surface area contributed by atoms with Crippen molar-refractivity contribution in [3.63, 3.8) is 0 Å². The SMILES string of the molecule is COc1cc(CCC2CC(CCC=C(C)C)=CCC2C(=O)CCc2ccccc2)ccc1O. The molecule has 176 valence electrons. The average Bonchev–Trinajstić information content (AvgIpc) is 2.82. The Morgan fingerprint density at radius 2 is 1.85 bits per heavy atom. The van der Waals surface area contributed by atoms with Crippen molar-refractivity contribution in [2.24, 2.45) is 11.8 Å². The Hall–Kier alpha value is -2.81. The largest absolute Gasteiger partial charge is 0.504 e. The molecule has 1 aliphatic carbocycles. The highest BCUT2D eigenvalue weighted by Gasteiger charge is 2.30. The number of carbonyl (C=O) groups is 1. The van der Waals surface area contributed by atoms with E-state index in [1.54, 1.807) is 13.2 Å². The number of aryl methyl sites for hydroxylation is 2. The molecule has 2 aromatic rings. The van der Waals surface area contributed by atoms with Crippen molar-refractivity contribution in [3.8, 4) is 11.5 Å². The quantitative estimate of drug-likeness (QED) is 0.370. The van der Waals surface area contributed by atoms with E-state index < -0.39 is 0 Å². The molecular formula is C30H38O3. The number of Topliss-reactive ketones (excluding diaryl/α,β-unsaturated/α-hetero) is 1. The van der Waals surface area contributed by atoms with E-state index in [0.29, 0.717) is 23.9 Å². The van der Waals surface area contributed by atoms with E-state index in [0.717, 1.165) is 50.5 Å². The first-order valence-electron chi connectivity index (χ1n) is 12.2. The lowest BCUT2D eigenvalue weighted by atomic mass is 9.73. The Balaban J connectivity index is 1.67. The summed E-state index contributed by atoms with van der Waals surface area (Å²) >= 11 is 0. The molecule has 3 nitrogen and oxygen atoms in total. The van der Waals surface area contributed by atoms with Crippen LogP contribution in [0, 0.1) is 11.8 Å². The lowest BCUT2D eigenvalue weighted by Gasteiger charge is -2.31. The molecule has 2 unspecified atom stereocenters. The summed E-state index contributed by atoms with van der Waals surface area (Å²) in [5.41, 5.74) is 5.22. The highest BCUT2D eigenvalue weighted by atomic mass is 16.5. The number of methoxy groups -OCH3 is 1. The molecule has 0 bridgehead atoms. The van der Waals surface area contributed by atoms with Crippen LogP contribution in [0.2, 0.25) is 0 Å². The molecule has 0 radical (unpaired) electrons. The van der Waals surface area contributed by atoms with Crippen molar-refractivity contribution >= 4 is 5.78 Å². The molecule has 0 fully saturated rings. The van der Waals surface area contributed by atoms with Gasteiger partial charge in [0, 0.05) is 12.3 Å². The van der Waals surface area contributed by atoms with Crippen molar-refractivity contribution in [1.82, 2.24) is 0 Å². The first-order chi connectivity index (χ1) is 16.0. The van der Waals surface area contributed by atoms with E-state index in [-0.39, 0.29) is 11.7 Å². The van der Waals surface area contributed by atoms with Crippen LogP contribution in [0.15, 0.2) is 71.8 Å². The van der Waals surface area contributed by atoms with Crippen LogP contribution in [0.25, 0.3) is 0 Å². The number of hydrogen-bond acceptors (Lipinski definition) is 3. The third kappa shape index (κ3) is 7.63. The number of hydrogen-bond donors (Lipinski definition) is 1. The summed E-state index contributed by atoms with van der Waals surface area (Å²) < 4.78 is 5.27. The predicted molar refractivity (Wildman–Crippen MR) is 136 cm³/mol. The fraction of sp³-hybridized carbons (Fsp3) is 0.433. The van der Waals surface area contributed by atoms with Crippen LogP contribution >= 0.6 is 0 Å². The first kappa shape index (κ1) is 24.8. The van der Waals surface area contributed by atoms with Gasteiger partial charge in [-0.15, -0.1) is 0 Å². The number of ether oxygens (including phenoxy) is 1. The molecule has 0 spiro atoms. The molecule has 0 heterocycles. The number of benzene rings is 2. The van der Waals surface area contributed by atoms with Gasteiger partial charge in [0.15, 0.2) is 11.5 Å². The number of phenols is 1. The summed E-state index contributed by atoms with van der Waals surface area (Å²) in [5, 5.41) is 9.89. The van der Waals surface area contributed by atoms with Crippen LogP contribution in [-0.2, 0) is 17.6 Å². The summed E-state index contributed by atoms with van der Waals surface area (Å²) in [6.07, 6.45) is 11.9. The van der Waals surface area contributed by atoms with E-state index in [9.17, 15) is 9.90 Å². The van der Waals surface area contributed by atoms with Gasteiger partial charge in [0.1, 0.15) is 5.78 Å². The number of ketones is 1. The summed E-state index contributed by atoms with van der Waals surface area (Å²) in [6.45, 7) is 4.29.